The summed E-state index contributed by atoms with van der Waals surface area (Å²) in [7, 11) is 0. The van der Waals surface area contributed by atoms with Crippen molar-refractivity contribution >= 4 is 0 Å². The van der Waals surface area contributed by atoms with Gasteiger partial charge in [0.25, 0.3) is 0 Å². The van der Waals surface area contributed by atoms with Gasteiger partial charge in [-0.05, 0) is 55.2 Å². The summed E-state index contributed by atoms with van der Waals surface area (Å²) >= 11 is 0. The van der Waals surface area contributed by atoms with E-state index >= 15 is 0 Å². The van der Waals surface area contributed by atoms with Gasteiger partial charge in [0.15, 0.2) is 0 Å². The van der Waals surface area contributed by atoms with E-state index in [1.165, 1.54) is 29.5 Å². The standard InChI is InChI=1S/C18H29NO/c1-13-10-15(12-19-16-6-7-16)11-14(2)17(13)20-9-8-18(3,4)5/h10-11,16,19H,6-9,12H2,1-5H3. The summed E-state index contributed by atoms with van der Waals surface area (Å²) < 4.78 is 6.02. The Balaban J connectivity index is 1.94. The van der Waals surface area contributed by atoms with Crippen molar-refractivity contribution in [2.24, 2.45) is 5.41 Å². The fraction of sp³-hybridized carbons (Fsp3) is 0.667. The van der Waals surface area contributed by atoms with E-state index in [1.807, 2.05) is 0 Å². The predicted molar refractivity (Wildman–Crippen MR) is 85.3 cm³/mol. The quantitative estimate of drug-likeness (QED) is 0.832. The molecular weight excluding hydrogens is 246 g/mol. The molecule has 2 nitrogen and oxygen atoms in total. The summed E-state index contributed by atoms with van der Waals surface area (Å²) in [5.41, 5.74) is 4.21. The molecule has 0 amide bonds. The van der Waals surface area contributed by atoms with Crippen LogP contribution < -0.4 is 10.1 Å². The molecule has 112 valence electrons. The first-order valence-corrected chi connectivity index (χ1v) is 7.81. The zero-order valence-corrected chi connectivity index (χ0v) is 13.7. The van der Waals surface area contributed by atoms with E-state index in [-0.39, 0.29) is 0 Å². The van der Waals surface area contributed by atoms with E-state index in [9.17, 15) is 0 Å². The molecule has 0 atom stereocenters. The molecule has 2 heteroatoms. The molecular formula is C18H29NO. The van der Waals surface area contributed by atoms with Gasteiger partial charge in [-0.3, -0.25) is 0 Å². The Morgan fingerprint density at radius 1 is 1.15 bits per heavy atom. The SMILES string of the molecule is Cc1cc(CNC2CC2)cc(C)c1OCCC(C)(C)C. The van der Waals surface area contributed by atoms with Crippen molar-refractivity contribution in [2.45, 2.75) is 66.5 Å². The normalized spacial score (nSPS) is 15.4. The lowest BCUT2D eigenvalue weighted by Gasteiger charge is -2.20. The monoisotopic (exact) mass is 275 g/mol. The number of ether oxygens (including phenoxy) is 1. The minimum absolute atomic E-state index is 0.329. The highest BCUT2D eigenvalue weighted by atomic mass is 16.5. The van der Waals surface area contributed by atoms with Crippen molar-refractivity contribution in [2.75, 3.05) is 6.61 Å². The van der Waals surface area contributed by atoms with Crippen LogP contribution in [0.2, 0.25) is 0 Å². The molecule has 1 N–H and O–H groups in total. The van der Waals surface area contributed by atoms with E-state index in [0.29, 0.717) is 5.41 Å². The summed E-state index contributed by atoms with van der Waals surface area (Å²) in [5.74, 6) is 1.07. The predicted octanol–water partition coefficient (Wildman–Crippen LogP) is 4.37. The second-order valence-corrected chi connectivity index (χ2v) is 7.37. The van der Waals surface area contributed by atoms with Gasteiger partial charge >= 0.3 is 0 Å². The van der Waals surface area contributed by atoms with Crippen LogP contribution in [0.25, 0.3) is 0 Å². The molecule has 1 saturated carbocycles. The lowest BCUT2D eigenvalue weighted by atomic mass is 9.93. The Kier molecular flexibility index (Phi) is 4.74. The van der Waals surface area contributed by atoms with Gasteiger partial charge in [0.05, 0.1) is 6.61 Å². The molecule has 0 heterocycles. The third-order valence-corrected chi connectivity index (χ3v) is 3.79. The van der Waals surface area contributed by atoms with E-state index in [2.05, 4.69) is 52.1 Å². The van der Waals surface area contributed by atoms with Gasteiger partial charge in [0.1, 0.15) is 5.75 Å². The number of hydrogen-bond donors (Lipinski definition) is 1. The van der Waals surface area contributed by atoms with Gasteiger partial charge in [-0.1, -0.05) is 32.9 Å². The summed E-state index contributed by atoms with van der Waals surface area (Å²) in [6.45, 7) is 12.8. The van der Waals surface area contributed by atoms with Gasteiger partial charge in [0, 0.05) is 12.6 Å². The average molecular weight is 275 g/mol. The van der Waals surface area contributed by atoms with E-state index in [0.717, 1.165) is 31.4 Å². The van der Waals surface area contributed by atoms with Crippen molar-refractivity contribution in [3.63, 3.8) is 0 Å². The third-order valence-electron chi connectivity index (χ3n) is 3.79. The fourth-order valence-corrected chi connectivity index (χ4v) is 2.38. The second-order valence-electron chi connectivity index (χ2n) is 7.37. The van der Waals surface area contributed by atoms with Crippen LogP contribution in [0, 0.1) is 19.3 Å². The molecule has 0 saturated heterocycles. The maximum Gasteiger partial charge on any atom is 0.125 e. The molecule has 20 heavy (non-hydrogen) atoms. The highest BCUT2D eigenvalue weighted by Crippen LogP contribution is 2.27. The first kappa shape index (κ1) is 15.4. The maximum absolute atomic E-state index is 6.02. The molecule has 1 fully saturated rings. The minimum atomic E-state index is 0.329. The second kappa shape index (κ2) is 6.17. The molecule has 0 bridgehead atoms. The Morgan fingerprint density at radius 2 is 1.75 bits per heavy atom. The minimum Gasteiger partial charge on any atom is -0.493 e. The van der Waals surface area contributed by atoms with Crippen LogP contribution in [0.4, 0.5) is 0 Å². The average Bonchev–Trinajstić information content (AvgIpc) is 3.12. The first-order chi connectivity index (χ1) is 9.35. The molecule has 0 radical (unpaired) electrons. The zero-order chi connectivity index (χ0) is 14.8. The molecule has 2 rings (SSSR count). The summed E-state index contributed by atoms with van der Waals surface area (Å²) in [5, 5.41) is 3.57. The Labute approximate surface area is 123 Å². The largest absolute Gasteiger partial charge is 0.493 e. The van der Waals surface area contributed by atoms with Crippen LogP contribution in [0.5, 0.6) is 5.75 Å². The molecule has 0 unspecified atom stereocenters. The highest BCUT2D eigenvalue weighted by molar-refractivity contribution is 5.43. The number of nitrogens with one attached hydrogen (secondary N) is 1. The number of aryl methyl sites for hydroxylation is 2. The van der Waals surface area contributed by atoms with Crippen LogP contribution in [0.3, 0.4) is 0 Å². The first-order valence-electron chi connectivity index (χ1n) is 7.81. The summed E-state index contributed by atoms with van der Waals surface area (Å²) in [6.07, 6.45) is 3.76. The van der Waals surface area contributed by atoms with E-state index in [4.69, 9.17) is 4.74 Å². The van der Waals surface area contributed by atoms with Gasteiger partial charge in [0.2, 0.25) is 0 Å². The lowest BCUT2D eigenvalue weighted by molar-refractivity contribution is 0.240. The van der Waals surface area contributed by atoms with Crippen LogP contribution >= 0.6 is 0 Å². The molecule has 0 spiro atoms. The van der Waals surface area contributed by atoms with Gasteiger partial charge in [-0.2, -0.15) is 0 Å². The van der Waals surface area contributed by atoms with Crippen molar-refractivity contribution in [3.8, 4) is 5.75 Å². The van der Waals surface area contributed by atoms with Gasteiger partial charge < -0.3 is 10.1 Å². The molecule has 1 aliphatic carbocycles. The molecule has 0 aromatic heterocycles. The van der Waals surface area contributed by atoms with Gasteiger partial charge in [-0.15, -0.1) is 0 Å². The number of benzene rings is 1. The number of rotatable bonds is 6. The van der Waals surface area contributed by atoms with Crippen molar-refractivity contribution in [3.05, 3.63) is 28.8 Å². The third kappa shape index (κ3) is 4.82. The number of hydrogen-bond acceptors (Lipinski definition) is 2. The van der Waals surface area contributed by atoms with Crippen LogP contribution in [-0.2, 0) is 6.54 Å². The van der Waals surface area contributed by atoms with Crippen molar-refractivity contribution < 1.29 is 4.74 Å². The smallest absolute Gasteiger partial charge is 0.125 e. The van der Waals surface area contributed by atoms with E-state index in [1.54, 1.807) is 0 Å². The zero-order valence-electron chi connectivity index (χ0n) is 13.7. The van der Waals surface area contributed by atoms with Crippen LogP contribution in [-0.4, -0.2) is 12.6 Å². The van der Waals surface area contributed by atoms with Crippen molar-refractivity contribution in [1.29, 1.82) is 0 Å². The summed E-state index contributed by atoms with van der Waals surface area (Å²) in [4.78, 5) is 0. The Morgan fingerprint density at radius 3 is 2.25 bits per heavy atom. The Hall–Kier alpha value is -1.02. The van der Waals surface area contributed by atoms with Crippen molar-refractivity contribution in [1.82, 2.24) is 5.32 Å². The molecule has 0 aliphatic heterocycles. The van der Waals surface area contributed by atoms with E-state index < -0.39 is 0 Å². The molecule has 1 aromatic rings. The topological polar surface area (TPSA) is 21.3 Å². The Bertz CT molecular complexity index is 432. The highest BCUT2D eigenvalue weighted by Gasteiger charge is 2.20. The lowest BCUT2D eigenvalue weighted by Crippen LogP contribution is -2.16. The fourth-order valence-electron chi connectivity index (χ4n) is 2.38. The molecule has 1 aliphatic rings. The maximum atomic E-state index is 6.02. The van der Waals surface area contributed by atoms with Crippen LogP contribution in [0.15, 0.2) is 12.1 Å². The molecule has 1 aromatic carbocycles. The summed E-state index contributed by atoms with van der Waals surface area (Å²) in [6, 6.07) is 5.28. The van der Waals surface area contributed by atoms with Crippen LogP contribution in [0.1, 0.15) is 56.7 Å². The van der Waals surface area contributed by atoms with Gasteiger partial charge in [-0.25, -0.2) is 0 Å².